The van der Waals surface area contributed by atoms with Crippen molar-refractivity contribution in [1.82, 2.24) is 4.90 Å². The summed E-state index contributed by atoms with van der Waals surface area (Å²) in [5.74, 6) is 0.821. The van der Waals surface area contributed by atoms with Crippen LogP contribution in [0.2, 0.25) is 5.02 Å². The van der Waals surface area contributed by atoms with Gasteiger partial charge < -0.3 is 10.2 Å². The molecule has 17 heavy (non-hydrogen) atoms. The molecule has 3 atom stereocenters. The Morgan fingerprint density at radius 2 is 2.12 bits per heavy atom. The van der Waals surface area contributed by atoms with Gasteiger partial charge in [0.2, 0.25) is 0 Å². The molecule has 3 rings (SSSR count). The van der Waals surface area contributed by atoms with Crippen molar-refractivity contribution in [2.45, 2.75) is 25.8 Å². The van der Waals surface area contributed by atoms with Gasteiger partial charge in [-0.1, -0.05) is 17.7 Å². The van der Waals surface area contributed by atoms with Gasteiger partial charge in [0.25, 0.3) is 0 Å². The second-order valence-electron chi connectivity index (χ2n) is 5.30. The highest BCUT2D eigenvalue weighted by molar-refractivity contribution is 6.31. The molecule has 2 heterocycles. The fraction of sp³-hybridized carbons (Fsp3) is 0.571. The van der Waals surface area contributed by atoms with Crippen molar-refractivity contribution in [3.63, 3.8) is 0 Å². The summed E-state index contributed by atoms with van der Waals surface area (Å²) in [7, 11) is 0. The topological polar surface area (TPSA) is 15.3 Å². The van der Waals surface area contributed by atoms with E-state index in [1.807, 2.05) is 12.1 Å². The Morgan fingerprint density at radius 3 is 3.00 bits per heavy atom. The third-order valence-electron chi connectivity index (χ3n) is 4.24. The number of nitrogens with one attached hydrogen (secondary N) is 1. The lowest BCUT2D eigenvalue weighted by molar-refractivity contribution is 0.255. The third kappa shape index (κ3) is 2.16. The van der Waals surface area contributed by atoms with Gasteiger partial charge >= 0.3 is 0 Å². The van der Waals surface area contributed by atoms with Crippen LogP contribution in [-0.4, -0.2) is 30.6 Å². The molecule has 92 valence electrons. The quantitative estimate of drug-likeness (QED) is 0.868. The monoisotopic (exact) mass is 250 g/mol. The first-order valence-corrected chi connectivity index (χ1v) is 6.86. The van der Waals surface area contributed by atoms with Crippen molar-refractivity contribution < 1.29 is 0 Å². The fourth-order valence-corrected chi connectivity index (χ4v) is 3.28. The summed E-state index contributed by atoms with van der Waals surface area (Å²) in [5.41, 5.74) is 2.39. The smallest absolute Gasteiger partial charge is 0.0455 e. The Balaban J connectivity index is 1.76. The second-order valence-corrected chi connectivity index (χ2v) is 5.71. The molecule has 0 aliphatic carbocycles. The van der Waals surface area contributed by atoms with Crippen LogP contribution in [0.25, 0.3) is 0 Å². The number of hydrogen-bond acceptors (Lipinski definition) is 2. The van der Waals surface area contributed by atoms with Gasteiger partial charge in [-0.2, -0.15) is 0 Å². The van der Waals surface area contributed by atoms with E-state index in [0.717, 1.165) is 10.9 Å². The Morgan fingerprint density at radius 1 is 1.29 bits per heavy atom. The van der Waals surface area contributed by atoms with Crippen molar-refractivity contribution in [2.75, 3.05) is 25.0 Å². The maximum atomic E-state index is 6.16. The lowest BCUT2D eigenvalue weighted by Crippen LogP contribution is -2.39. The van der Waals surface area contributed by atoms with Gasteiger partial charge in [0.1, 0.15) is 0 Å². The van der Waals surface area contributed by atoms with E-state index in [1.54, 1.807) is 0 Å². The number of nitrogens with zero attached hydrogens (tertiary/aromatic N) is 1. The molecule has 2 nitrogen and oxygen atoms in total. The van der Waals surface area contributed by atoms with Crippen molar-refractivity contribution in [3.05, 3.63) is 28.8 Å². The minimum absolute atomic E-state index is 0.630. The Labute approximate surface area is 108 Å². The molecule has 1 aromatic carbocycles. The summed E-state index contributed by atoms with van der Waals surface area (Å²) < 4.78 is 0. The molecule has 2 bridgehead atoms. The fourth-order valence-electron chi connectivity index (χ4n) is 3.11. The minimum atomic E-state index is 0.630. The van der Waals surface area contributed by atoms with Gasteiger partial charge in [-0.05, 0) is 49.9 Å². The van der Waals surface area contributed by atoms with Crippen LogP contribution in [0.4, 0.5) is 5.69 Å². The van der Waals surface area contributed by atoms with Crippen LogP contribution in [0.15, 0.2) is 18.2 Å². The predicted molar refractivity (Wildman–Crippen MR) is 72.8 cm³/mol. The number of hydrogen-bond donors (Lipinski definition) is 1. The molecule has 3 unspecified atom stereocenters. The first kappa shape index (κ1) is 11.4. The number of fused-ring (bicyclic) bond motifs is 2. The summed E-state index contributed by atoms with van der Waals surface area (Å²) in [6.45, 7) is 5.90. The van der Waals surface area contributed by atoms with Gasteiger partial charge in [0.15, 0.2) is 0 Å². The normalized spacial score (nSPS) is 31.5. The van der Waals surface area contributed by atoms with E-state index in [4.69, 9.17) is 11.6 Å². The van der Waals surface area contributed by atoms with Crippen LogP contribution in [0.5, 0.6) is 0 Å². The summed E-state index contributed by atoms with van der Waals surface area (Å²) >= 11 is 6.16. The van der Waals surface area contributed by atoms with Crippen LogP contribution in [0.1, 0.15) is 18.4 Å². The first-order valence-electron chi connectivity index (χ1n) is 6.48. The average molecular weight is 251 g/mol. The first-order chi connectivity index (χ1) is 8.24. The minimum Gasteiger partial charge on any atom is -0.382 e. The molecule has 1 aromatic rings. The van der Waals surface area contributed by atoms with E-state index < -0.39 is 0 Å². The number of anilines is 1. The second kappa shape index (κ2) is 4.51. The average Bonchev–Trinajstić information content (AvgIpc) is 2.71. The van der Waals surface area contributed by atoms with Gasteiger partial charge in [-0.15, -0.1) is 0 Å². The molecule has 3 heteroatoms. The number of halogens is 1. The molecule has 2 fully saturated rings. The summed E-state index contributed by atoms with van der Waals surface area (Å²) in [6.07, 6.45) is 2.61. The summed E-state index contributed by atoms with van der Waals surface area (Å²) in [6, 6.07) is 6.76. The molecular formula is C14H19ClN2. The predicted octanol–water partition coefficient (Wildman–Crippen LogP) is 3.15. The molecule has 0 aromatic heterocycles. The lowest BCUT2D eigenvalue weighted by Gasteiger charge is -2.32. The zero-order valence-corrected chi connectivity index (χ0v) is 11.0. The van der Waals surface area contributed by atoms with Crippen LogP contribution >= 0.6 is 11.6 Å². The SMILES string of the molecule is Cc1c(Cl)cccc1NC1CCN2CCC1C2. The largest absolute Gasteiger partial charge is 0.382 e. The summed E-state index contributed by atoms with van der Waals surface area (Å²) in [5, 5.41) is 4.57. The maximum absolute atomic E-state index is 6.16. The highest BCUT2D eigenvalue weighted by Gasteiger charge is 2.34. The van der Waals surface area contributed by atoms with Crippen molar-refractivity contribution in [1.29, 1.82) is 0 Å². The molecule has 0 amide bonds. The van der Waals surface area contributed by atoms with E-state index in [0.29, 0.717) is 6.04 Å². The van der Waals surface area contributed by atoms with E-state index in [9.17, 15) is 0 Å². The van der Waals surface area contributed by atoms with Crippen LogP contribution < -0.4 is 5.32 Å². The van der Waals surface area contributed by atoms with Gasteiger partial charge in [-0.25, -0.2) is 0 Å². The molecule has 1 N–H and O–H groups in total. The zero-order chi connectivity index (χ0) is 11.8. The Kier molecular flexibility index (Phi) is 3.01. The van der Waals surface area contributed by atoms with E-state index in [-0.39, 0.29) is 0 Å². The van der Waals surface area contributed by atoms with E-state index in [1.165, 1.54) is 43.7 Å². The Bertz CT molecular complexity index is 419. The van der Waals surface area contributed by atoms with Crippen LogP contribution in [-0.2, 0) is 0 Å². The molecule has 2 aliphatic heterocycles. The highest BCUT2D eigenvalue weighted by atomic mass is 35.5. The zero-order valence-electron chi connectivity index (χ0n) is 10.2. The lowest BCUT2D eigenvalue weighted by atomic mass is 9.93. The number of rotatable bonds is 2. The van der Waals surface area contributed by atoms with Gasteiger partial charge in [0.05, 0.1) is 0 Å². The van der Waals surface area contributed by atoms with Crippen LogP contribution in [0, 0.1) is 12.8 Å². The molecule has 0 saturated carbocycles. The maximum Gasteiger partial charge on any atom is 0.0455 e. The number of benzene rings is 1. The van der Waals surface area contributed by atoms with E-state index in [2.05, 4.69) is 23.2 Å². The molecule has 2 aliphatic rings. The Hall–Kier alpha value is -0.730. The molecule has 0 radical (unpaired) electrons. The summed E-state index contributed by atoms with van der Waals surface area (Å²) in [4.78, 5) is 2.58. The van der Waals surface area contributed by atoms with Crippen molar-refractivity contribution in [2.24, 2.45) is 5.92 Å². The molecule has 2 saturated heterocycles. The standard InChI is InChI=1S/C14H19ClN2/c1-10-12(15)3-2-4-13(10)16-14-6-8-17-7-5-11(14)9-17/h2-4,11,14,16H,5-9H2,1H3. The number of piperidine rings is 1. The van der Waals surface area contributed by atoms with Crippen LogP contribution in [0.3, 0.4) is 0 Å². The highest BCUT2D eigenvalue weighted by Crippen LogP contribution is 2.31. The van der Waals surface area contributed by atoms with Gasteiger partial charge in [0, 0.05) is 29.8 Å². The van der Waals surface area contributed by atoms with Gasteiger partial charge in [-0.3, -0.25) is 0 Å². The van der Waals surface area contributed by atoms with Crippen molar-refractivity contribution >= 4 is 17.3 Å². The van der Waals surface area contributed by atoms with Crippen molar-refractivity contribution in [3.8, 4) is 0 Å². The molecular weight excluding hydrogens is 232 g/mol. The molecule has 0 spiro atoms. The van der Waals surface area contributed by atoms with E-state index >= 15 is 0 Å². The third-order valence-corrected chi connectivity index (χ3v) is 4.65.